The highest BCUT2D eigenvalue weighted by Gasteiger charge is 2.19. The molecule has 1 heterocycles. The van der Waals surface area contributed by atoms with E-state index in [1.807, 2.05) is 0 Å². The van der Waals surface area contributed by atoms with Gasteiger partial charge in [-0.25, -0.2) is 4.68 Å². The highest BCUT2D eigenvalue weighted by atomic mass is 16.4. The number of aliphatic carboxylic acids is 1. The predicted octanol–water partition coefficient (Wildman–Crippen LogP) is 1.84. The largest absolute Gasteiger partial charge is 0.481 e. The first-order chi connectivity index (χ1) is 11.2. The molecule has 1 atom stereocenters. The molecule has 126 valence electrons. The molecule has 0 aliphatic rings. The van der Waals surface area contributed by atoms with E-state index in [9.17, 15) is 14.4 Å². The molecule has 0 fully saturated rings. The number of aromatic nitrogens is 2. The number of amides is 1. The van der Waals surface area contributed by atoms with E-state index >= 15 is 0 Å². The molecule has 0 saturated heterocycles. The van der Waals surface area contributed by atoms with Crippen molar-refractivity contribution in [1.29, 1.82) is 0 Å². The molecule has 0 bridgehead atoms. The quantitative estimate of drug-likeness (QED) is 0.891. The Kier molecular flexibility index (Phi) is 4.82. The molecule has 0 aliphatic carbocycles. The molecule has 2 aromatic rings. The summed E-state index contributed by atoms with van der Waals surface area (Å²) in [5.74, 6) is -2.19. The monoisotopic (exact) mass is 329 g/mol. The van der Waals surface area contributed by atoms with Crippen molar-refractivity contribution in [3.8, 4) is 0 Å². The van der Waals surface area contributed by atoms with Crippen LogP contribution in [-0.2, 0) is 11.8 Å². The van der Waals surface area contributed by atoms with Crippen LogP contribution in [-0.4, -0.2) is 26.8 Å². The number of hydrogen-bond acceptors (Lipinski definition) is 4. The first-order valence-electron chi connectivity index (χ1n) is 7.41. The summed E-state index contributed by atoms with van der Waals surface area (Å²) in [6.07, 6.45) is 0. The van der Waals surface area contributed by atoms with Gasteiger partial charge in [0.1, 0.15) is 5.56 Å². The van der Waals surface area contributed by atoms with E-state index in [4.69, 9.17) is 5.11 Å². The summed E-state index contributed by atoms with van der Waals surface area (Å²) in [6, 6.07) is 6.57. The number of carbonyl (C=O) groups excluding carboxylic acids is 1. The van der Waals surface area contributed by atoms with E-state index in [1.54, 1.807) is 45.0 Å². The number of hydrogen-bond donors (Lipinski definition) is 2. The van der Waals surface area contributed by atoms with Crippen molar-refractivity contribution in [3.63, 3.8) is 0 Å². The smallest absolute Gasteiger partial charge is 0.310 e. The molecule has 0 saturated carbocycles. The van der Waals surface area contributed by atoms with E-state index in [2.05, 4.69) is 10.4 Å². The minimum absolute atomic E-state index is 0.0293. The lowest BCUT2D eigenvalue weighted by molar-refractivity contribution is -0.138. The highest BCUT2D eigenvalue weighted by molar-refractivity contribution is 6.05. The number of anilines is 1. The van der Waals surface area contributed by atoms with Crippen LogP contribution in [0.1, 0.15) is 40.0 Å². The number of nitrogens with zero attached hydrogens (tertiary/aromatic N) is 2. The third-order valence-corrected chi connectivity index (χ3v) is 3.97. The van der Waals surface area contributed by atoms with Gasteiger partial charge in [-0.2, -0.15) is 5.10 Å². The van der Waals surface area contributed by atoms with Gasteiger partial charge in [-0.3, -0.25) is 14.4 Å². The molecule has 1 amide bonds. The van der Waals surface area contributed by atoms with Crippen molar-refractivity contribution < 1.29 is 14.7 Å². The Labute approximate surface area is 138 Å². The second-order valence-electron chi connectivity index (χ2n) is 5.65. The van der Waals surface area contributed by atoms with Crippen LogP contribution in [0.4, 0.5) is 5.69 Å². The van der Waals surface area contributed by atoms with Crippen molar-refractivity contribution in [2.45, 2.75) is 26.7 Å². The average Bonchev–Trinajstić information content (AvgIpc) is 2.52. The molecule has 2 N–H and O–H groups in total. The Morgan fingerprint density at radius 3 is 2.58 bits per heavy atom. The molecule has 7 nitrogen and oxygen atoms in total. The molecule has 24 heavy (non-hydrogen) atoms. The van der Waals surface area contributed by atoms with Gasteiger partial charge < -0.3 is 10.4 Å². The summed E-state index contributed by atoms with van der Waals surface area (Å²) in [5, 5.41) is 15.8. The summed E-state index contributed by atoms with van der Waals surface area (Å²) in [7, 11) is 1.49. The highest BCUT2D eigenvalue weighted by Crippen LogP contribution is 2.20. The van der Waals surface area contributed by atoms with Crippen LogP contribution in [0.2, 0.25) is 0 Å². The summed E-state index contributed by atoms with van der Waals surface area (Å²) < 4.78 is 1.13. The van der Waals surface area contributed by atoms with Gasteiger partial charge in [0.15, 0.2) is 0 Å². The van der Waals surface area contributed by atoms with Gasteiger partial charge >= 0.3 is 5.97 Å². The van der Waals surface area contributed by atoms with E-state index in [-0.39, 0.29) is 5.56 Å². The molecular formula is C17H19N3O4. The van der Waals surface area contributed by atoms with Crippen LogP contribution in [0.5, 0.6) is 0 Å². The number of aryl methyl sites for hydroxylation is 2. The molecule has 0 aliphatic heterocycles. The first-order valence-corrected chi connectivity index (χ1v) is 7.41. The third kappa shape index (κ3) is 3.34. The Balaban J connectivity index is 2.37. The standard InChI is InChI=1S/C17H19N3O4/c1-9-11(3)19-20(4)16(22)14(9)15(21)18-13-7-5-6-12(8-13)10(2)17(23)24/h5-8,10H,1-4H3,(H,18,21)(H,23,24)/t10-/m1/s1. The molecule has 0 unspecified atom stereocenters. The molecule has 1 aromatic heterocycles. The minimum Gasteiger partial charge on any atom is -0.481 e. The molecule has 0 spiro atoms. The van der Waals surface area contributed by atoms with Crippen LogP contribution in [0.15, 0.2) is 29.1 Å². The van der Waals surface area contributed by atoms with Crippen molar-refractivity contribution in [2.75, 3.05) is 5.32 Å². The Morgan fingerprint density at radius 2 is 1.96 bits per heavy atom. The fourth-order valence-electron chi connectivity index (χ4n) is 2.34. The number of rotatable bonds is 4. The van der Waals surface area contributed by atoms with E-state index in [1.165, 1.54) is 7.05 Å². The minimum atomic E-state index is -0.951. The zero-order valence-corrected chi connectivity index (χ0v) is 14.0. The lowest BCUT2D eigenvalue weighted by atomic mass is 10.0. The van der Waals surface area contributed by atoms with Gasteiger partial charge in [0, 0.05) is 12.7 Å². The number of nitrogens with one attached hydrogen (secondary N) is 1. The number of carboxylic acids is 1. The summed E-state index contributed by atoms with van der Waals surface area (Å²) >= 11 is 0. The van der Waals surface area contributed by atoms with Gasteiger partial charge in [0.25, 0.3) is 11.5 Å². The molecule has 0 radical (unpaired) electrons. The zero-order chi connectivity index (χ0) is 18.0. The van der Waals surface area contributed by atoms with Gasteiger partial charge in [-0.05, 0) is 44.0 Å². The summed E-state index contributed by atoms with van der Waals surface area (Å²) in [5.41, 5.74) is 1.66. The Hall–Kier alpha value is -2.96. The first kappa shape index (κ1) is 17.4. The molecule has 1 aromatic carbocycles. The van der Waals surface area contributed by atoms with Gasteiger partial charge in [-0.15, -0.1) is 0 Å². The van der Waals surface area contributed by atoms with Crippen LogP contribution < -0.4 is 10.9 Å². The predicted molar refractivity (Wildman–Crippen MR) is 89.4 cm³/mol. The second kappa shape index (κ2) is 6.66. The van der Waals surface area contributed by atoms with Crippen molar-refractivity contribution in [1.82, 2.24) is 9.78 Å². The maximum atomic E-state index is 12.5. The van der Waals surface area contributed by atoms with Gasteiger partial charge in [-0.1, -0.05) is 12.1 Å². The topological polar surface area (TPSA) is 101 Å². The van der Waals surface area contributed by atoms with Gasteiger partial charge in [0.2, 0.25) is 0 Å². The fraction of sp³-hybridized carbons (Fsp3) is 0.294. The second-order valence-corrected chi connectivity index (χ2v) is 5.65. The number of benzene rings is 1. The van der Waals surface area contributed by atoms with Crippen LogP contribution >= 0.6 is 0 Å². The maximum absolute atomic E-state index is 12.5. The maximum Gasteiger partial charge on any atom is 0.310 e. The zero-order valence-electron chi connectivity index (χ0n) is 14.0. The summed E-state index contributed by atoms with van der Waals surface area (Å²) in [6.45, 7) is 4.96. The fourth-order valence-corrected chi connectivity index (χ4v) is 2.34. The van der Waals surface area contributed by atoms with Crippen molar-refractivity contribution in [2.24, 2.45) is 7.05 Å². The molecular weight excluding hydrogens is 310 g/mol. The van der Waals surface area contributed by atoms with Crippen molar-refractivity contribution in [3.05, 3.63) is 57.0 Å². The molecule has 7 heteroatoms. The third-order valence-electron chi connectivity index (χ3n) is 3.97. The van der Waals surface area contributed by atoms with E-state index < -0.39 is 23.4 Å². The van der Waals surface area contributed by atoms with E-state index in [0.29, 0.717) is 22.5 Å². The normalized spacial score (nSPS) is 11.8. The van der Waals surface area contributed by atoms with Crippen molar-refractivity contribution >= 4 is 17.6 Å². The average molecular weight is 329 g/mol. The molecule has 2 rings (SSSR count). The SMILES string of the molecule is Cc1nn(C)c(=O)c(C(=O)Nc2cccc([C@@H](C)C(=O)O)c2)c1C. The number of carbonyl (C=O) groups is 2. The van der Waals surface area contributed by atoms with E-state index in [0.717, 1.165) is 4.68 Å². The number of carboxylic acid groups (broad SMARTS) is 1. The van der Waals surface area contributed by atoms with Gasteiger partial charge in [0.05, 0.1) is 11.6 Å². The van der Waals surface area contributed by atoms with Crippen LogP contribution in [0, 0.1) is 13.8 Å². The lowest BCUT2D eigenvalue weighted by Crippen LogP contribution is -2.31. The Bertz CT molecular complexity index is 871. The Morgan fingerprint density at radius 1 is 1.29 bits per heavy atom. The van der Waals surface area contributed by atoms with Crippen LogP contribution in [0.25, 0.3) is 0 Å². The van der Waals surface area contributed by atoms with Crippen LogP contribution in [0.3, 0.4) is 0 Å². The summed E-state index contributed by atoms with van der Waals surface area (Å²) in [4.78, 5) is 35.8. The lowest BCUT2D eigenvalue weighted by Gasteiger charge is -2.12.